The average molecular weight is 318 g/mol. The Hall–Kier alpha value is -2.50. The molecule has 0 aliphatic carbocycles. The molecule has 1 aromatic heterocycles. The summed E-state index contributed by atoms with van der Waals surface area (Å²) in [6.07, 6.45) is 1.59. The van der Waals surface area contributed by atoms with Gasteiger partial charge in [0.05, 0.1) is 11.3 Å². The molecule has 0 bridgehead atoms. The summed E-state index contributed by atoms with van der Waals surface area (Å²) < 4.78 is 28.1. The molecule has 1 aliphatic rings. The van der Waals surface area contributed by atoms with Gasteiger partial charge in [-0.3, -0.25) is 9.59 Å². The van der Waals surface area contributed by atoms with Crippen molar-refractivity contribution in [2.75, 3.05) is 5.32 Å². The predicted octanol–water partition coefficient (Wildman–Crippen LogP) is 3.48. The first kappa shape index (κ1) is 15.4. The maximum absolute atomic E-state index is 13.3. The second-order valence-corrected chi connectivity index (χ2v) is 5.69. The topological polar surface area (TPSA) is 51.1 Å². The Kier molecular flexibility index (Phi) is 3.75. The monoisotopic (exact) mass is 318 g/mol. The molecule has 0 spiro atoms. The first-order valence-electron chi connectivity index (χ1n) is 7.39. The van der Waals surface area contributed by atoms with Crippen molar-refractivity contribution in [2.45, 2.75) is 33.2 Å². The second-order valence-electron chi connectivity index (χ2n) is 5.69. The van der Waals surface area contributed by atoms with Crippen LogP contribution in [0.4, 0.5) is 14.5 Å². The first-order valence-corrected chi connectivity index (χ1v) is 7.39. The summed E-state index contributed by atoms with van der Waals surface area (Å²) in [6.45, 7) is 3.93. The molecule has 0 atom stereocenters. The van der Waals surface area contributed by atoms with Gasteiger partial charge < -0.3 is 9.88 Å². The van der Waals surface area contributed by atoms with E-state index in [9.17, 15) is 18.4 Å². The largest absolute Gasteiger partial charge is 0.341 e. The average Bonchev–Trinajstić information content (AvgIpc) is 3.01. The van der Waals surface area contributed by atoms with Gasteiger partial charge in [0, 0.05) is 30.9 Å². The number of amides is 1. The molecule has 1 aromatic carbocycles. The Morgan fingerprint density at radius 3 is 2.61 bits per heavy atom. The van der Waals surface area contributed by atoms with Gasteiger partial charge in [0.2, 0.25) is 0 Å². The molecule has 0 unspecified atom stereocenters. The van der Waals surface area contributed by atoms with E-state index in [1.165, 1.54) is 13.0 Å². The number of carbonyl (C=O) groups excluding carboxylic acids is 2. The van der Waals surface area contributed by atoms with Crippen LogP contribution in [0.3, 0.4) is 0 Å². The molecule has 4 nitrogen and oxygen atoms in total. The highest BCUT2D eigenvalue weighted by Crippen LogP contribution is 2.30. The lowest BCUT2D eigenvalue weighted by atomic mass is 10.1. The summed E-state index contributed by atoms with van der Waals surface area (Å²) in [5.74, 6) is -2.49. The van der Waals surface area contributed by atoms with E-state index >= 15 is 0 Å². The third-order valence-electron chi connectivity index (χ3n) is 4.15. The quantitative estimate of drug-likeness (QED) is 0.881. The third kappa shape index (κ3) is 2.54. The predicted molar refractivity (Wildman–Crippen MR) is 81.8 cm³/mol. The molecule has 0 saturated carbocycles. The van der Waals surface area contributed by atoms with Crippen LogP contribution in [0.15, 0.2) is 18.2 Å². The fourth-order valence-electron chi connectivity index (χ4n) is 3.24. The summed E-state index contributed by atoms with van der Waals surface area (Å²) in [6, 6.07) is 3.20. The lowest BCUT2D eigenvalue weighted by molar-refractivity contribution is 0.100. The molecule has 120 valence electrons. The van der Waals surface area contributed by atoms with E-state index in [4.69, 9.17) is 0 Å². The van der Waals surface area contributed by atoms with E-state index in [2.05, 4.69) is 5.32 Å². The van der Waals surface area contributed by atoms with E-state index in [0.717, 1.165) is 24.2 Å². The van der Waals surface area contributed by atoms with Gasteiger partial charge in [-0.05, 0) is 37.5 Å². The molecule has 0 fully saturated rings. The van der Waals surface area contributed by atoms with Crippen molar-refractivity contribution in [1.82, 2.24) is 4.57 Å². The fourth-order valence-corrected chi connectivity index (χ4v) is 3.24. The van der Waals surface area contributed by atoms with Crippen molar-refractivity contribution in [3.05, 3.63) is 52.3 Å². The number of rotatable bonds is 3. The fraction of sp³-hybridized carbons (Fsp3) is 0.294. The number of fused-ring (bicyclic) bond motifs is 1. The maximum Gasteiger partial charge on any atom is 0.257 e. The minimum absolute atomic E-state index is 0.0856. The highest BCUT2D eigenvalue weighted by Gasteiger charge is 2.29. The molecule has 1 N–H and O–H groups in total. The zero-order valence-electron chi connectivity index (χ0n) is 12.9. The number of benzene rings is 1. The van der Waals surface area contributed by atoms with Crippen LogP contribution in [0, 0.1) is 18.6 Å². The number of aromatic nitrogens is 1. The van der Waals surface area contributed by atoms with Gasteiger partial charge in [0.15, 0.2) is 17.4 Å². The number of anilines is 1. The third-order valence-corrected chi connectivity index (χ3v) is 4.15. The SMILES string of the molecule is CC(=O)c1c(C)c(C(=O)Nc2ccc(F)c(F)c2)c2n1CCC2. The number of carbonyl (C=O) groups is 2. The molecular weight excluding hydrogens is 302 g/mol. The minimum atomic E-state index is -1.02. The Labute approximate surface area is 132 Å². The molecular formula is C17H16F2N2O2. The van der Waals surface area contributed by atoms with Crippen LogP contribution in [0.1, 0.15) is 45.4 Å². The number of ketones is 1. The van der Waals surface area contributed by atoms with E-state index in [1.807, 2.05) is 4.57 Å². The standard InChI is InChI=1S/C17H16F2N2O2/c1-9-15(14-4-3-7-21(14)16(9)10(2)22)17(23)20-11-5-6-12(18)13(19)8-11/h5-6,8H,3-4,7H2,1-2H3,(H,20,23). The maximum atomic E-state index is 13.3. The van der Waals surface area contributed by atoms with Crippen molar-refractivity contribution >= 4 is 17.4 Å². The van der Waals surface area contributed by atoms with Crippen molar-refractivity contribution in [1.29, 1.82) is 0 Å². The molecule has 2 heterocycles. The van der Waals surface area contributed by atoms with Crippen molar-refractivity contribution < 1.29 is 18.4 Å². The lowest BCUT2D eigenvalue weighted by Crippen LogP contribution is -2.14. The van der Waals surface area contributed by atoms with Crippen molar-refractivity contribution in [3.63, 3.8) is 0 Å². The van der Waals surface area contributed by atoms with Crippen LogP contribution in [-0.4, -0.2) is 16.3 Å². The first-order chi connectivity index (χ1) is 10.9. The van der Waals surface area contributed by atoms with Gasteiger partial charge in [0.25, 0.3) is 5.91 Å². The van der Waals surface area contributed by atoms with Gasteiger partial charge >= 0.3 is 0 Å². The summed E-state index contributed by atoms with van der Waals surface area (Å²) in [7, 11) is 0. The number of Topliss-reactive ketones (excluding diaryl/α,β-unsaturated/α-hetero) is 1. The van der Waals surface area contributed by atoms with Gasteiger partial charge in [-0.15, -0.1) is 0 Å². The lowest BCUT2D eigenvalue weighted by Gasteiger charge is -2.07. The number of nitrogens with zero attached hydrogens (tertiary/aromatic N) is 1. The van der Waals surface area contributed by atoms with Crippen LogP contribution in [0.2, 0.25) is 0 Å². The number of halogens is 2. The molecule has 2 aromatic rings. The minimum Gasteiger partial charge on any atom is -0.341 e. The van der Waals surface area contributed by atoms with E-state index in [1.54, 1.807) is 6.92 Å². The zero-order chi connectivity index (χ0) is 16.7. The highest BCUT2D eigenvalue weighted by molar-refractivity contribution is 6.09. The molecule has 0 saturated heterocycles. The number of hydrogen-bond acceptors (Lipinski definition) is 2. The van der Waals surface area contributed by atoms with Gasteiger partial charge in [0.1, 0.15) is 0 Å². The van der Waals surface area contributed by atoms with Crippen LogP contribution >= 0.6 is 0 Å². The second kappa shape index (κ2) is 5.61. The Morgan fingerprint density at radius 2 is 1.96 bits per heavy atom. The normalized spacial score (nSPS) is 13.0. The molecule has 3 rings (SSSR count). The van der Waals surface area contributed by atoms with Crippen LogP contribution in [0.5, 0.6) is 0 Å². The molecule has 1 amide bonds. The van der Waals surface area contributed by atoms with E-state index in [0.29, 0.717) is 29.8 Å². The summed E-state index contributed by atoms with van der Waals surface area (Å²) in [5, 5.41) is 2.58. The molecule has 6 heteroatoms. The number of hydrogen-bond donors (Lipinski definition) is 1. The summed E-state index contributed by atoms with van der Waals surface area (Å²) >= 11 is 0. The zero-order valence-corrected chi connectivity index (χ0v) is 12.9. The molecule has 1 aliphatic heterocycles. The summed E-state index contributed by atoms with van der Waals surface area (Å²) in [5.41, 5.74) is 2.64. The van der Waals surface area contributed by atoms with E-state index < -0.39 is 17.5 Å². The highest BCUT2D eigenvalue weighted by atomic mass is 19.2. The summed E-state index contributed by atoms with van der Waals surface area (Å²) in [4.78, 5) is 24.4. The van der Waals surface area contributed by atoms with Gasteiger partial charge in [-0.25, -0.2) is 8.78 Å². The van der Waals surface area contributed by atoms with Crippen LogP contribution in [-0.2, 0) is 13.0 Å². The van der Waals surface area contributed by atoms with Crippen LogP contribution < -0.4 is 5.32 Å². The van der Waals surface area contributed by atoms with Crippen LogP contribution in [0.25, 0.3) is 0 Å². The Morgan fingerprint density at radius 1 is 1.22 bits per heavy atom. The smallest absolute Gasteiger partial charge is 0.257 e. The van der Waals surface area contributed by atoms with E-state index in [-0.39, 0.29) is 11.5 Å². The van der Waals surface area contributed by atoms with Gasteiger partial charge in [-0.1, -0.05) is 0 Å². The Balaban J connectivity index is 1.98. The van der Waals surface area contributed by atoms with Gasteiger partial charge in [-0.2, -0.15) is 0 Å². The number of nitrogens with one attached hydrogen (secondary N) is 1. The molecule has 23 heavy (non-hydrogen) atoms. The van der Waals surface area contributed by atoms with Crippen molar-refractivity contribution in [2.24, 2.45) is 0 Å². The Bertz CT molecular complexity index is 824. The van der Waals surface area contributed by atoms with Crippen molar-refractivity contribution in [3.8, 4) is 0 Å². The molecule has 0 radical (unpaired) electrons.